The number of amides is 2. The number of hydrogen-bond acceptors (Lipinski definition) is 5. The second-order valence-corrected chi connectivity index (χ2v) is 8.39. The number of benzene rings is 1. The highest BCUT2D eigenvalue weighted by Gasteiger charge is 2.30. The maximum atomic E-state index is 12.6. The maximum Gasteiger partial charge on any atom is 0.410 e. The highest BCUT2D eigenvalue weighted by molar-refractivity contribution is 5.80. The number of piperidine rings is 1. The third kappa shape index (κ3) is 6.30. The Morgan fingerprint density at radius 3 is 2.59 bits per heavy atom. The van der Waals surface area contributed by atoms with Crippen molar-refractivity contribution >= 4 is 12.0 Å². The van der Waals surface area contributed by atoms with Crippen LogP contribution in [0, 0.1) is 5.92 Å². The molecule has 0 bridgehead atoms. The number of hydrogen-bond donors (Lipinski definition) is 1. The molecule has 0 aliphatic carbocycles. The molecule has 1 unspecified atom stereocenters. The van der Waals surface area contributed by atoms with E-state index in [-0.39, 0.29) is 17.9 Å². The first-order valence-corrected chi connectivity index (χ1v) is 9.96. The van der Waals surface area contributed by atoms with Crippen LogP contribution in [-0.4, -0.2) is 50.4 Å². The molecule has 0 radical (unpaired) electrons. The van der Waals surface area contributed by atoms with Crippen molar-refractivity contribution in [2.75, 3.05) is 13.1 Å². The van der Waals surface area contributed by atoms with Gasteiger partial charge in [-0.2, -0.15) is 5.10 Å². The Bertz CT molecular complexity index is 812. The van der Waals surface area contributed by atoms with Crippen LogP contribution in [0.4, 0.5) is 4.79 Å². The minimum atomic E-state index is -0.535. The molecule has 1 atom stereocenters. The molecular weight excluding hydrogens is 370 g/mol. The molecule has 1 aliphatic rings. The fraction of sp³-hybridized carbons (Fsp3) is 0.524. The molecule has 8 nitrogen and oxygen atoms in total. The summed E-state index contributed by atoms with van der Waals surface area (Å²) >= 11 is 0. The van der Waals surface area contributed by atoms with Gasteiger partial charge in [-0.1, -0.05) is 24.3 Å². The Kier molecular flexibility index (Phi) is 6.51. The van der Waals surface area contributed by atoms with E-state index < -0.39 is 5.60 Å². The average molecular weight is 399 g/mol. The zero-order valence-corrected chi connectivity index (χ0v) is 17.3. The number of rotatable bonds is 5. The van der Waals surface area contributed by atoms with Crippen molar-refractivity contribution in [2.24, 2.45) is 5.92 Å². The van der Waals surface area contributed by atoms with Crippen LogP contribution in [-0.2, 0) is 22.6 Å². The molecule has 156 valence electrons. The van der Waals surface area contributed by atoms with Crippen LogP contribution in [0.15, 0.2) is 36.9 Å². The van der Waals surface area contributed by atoms with Gasteiger partial charge in [0.25, 0.3) is 0 Å². The summed E-state index contributed by atoms with van der Waals surface area (Å²) in [6, 6.07) is 8.04. The van der Waals surface area contributed by atoms with E-state index in [0.29, 0.717) is 26.2 Å². The summed E-state index contributed by atoms with van der Waals surface area (Å²) < 4.78 is 7.19. The predicted octanol–water partition coefficient (Wildman–Crippen LogP) is 2.59. The van der Waals surface area contributed by atoms with Gasteiger partial charge in [-0.25, -0.2) is 14.5 Å². The molecule has 1 fully saturated rings. The number of ether oxygens (including phenoxy) is 1. The van der Waals surface area contributed by atoms with Gasteiger partial charge in [0.2, 0.25) is 5.91 Å². The molecule has 3 rings (SSSR count). The lowest BCUT2D eigenvalue weighted by atomic mass is 9.97. The molecule has 1 saturated heterocycles. The molecule has 1 aliphatic heterocycles. The number of nitrogens with one attached hydrogen (secondary N) is 1. The van der Waals surface area contributed by atoms with E-state index in [9.17, 15) is 9.59 Å². The van der Waals surface area contributed by atoms with Crippen molar-refractivity contribution in [3.8, 4) is 0 Å². The third-order valence-electron chi connectivity index (χ3n) is 4.74. The van der Waals surface area contributed by atoms with E-state index in [2.05, 4.69) is 15.4 Å². The number of aromatic nitrogens is 3. The monoisotopic (exact) mass is 399 g/mol. The summed E-state index contributed by atoms with van der Waals surface area (Å²) in [4.78, 5) is 30.4. The smallest absolute Gasteiger partial charge is 0.410 e. The molecule has 2 heterocycles. The molecule has 1 aromatic carbocycles. The normalized spacial score (nSPS) is 17.1. The van der Waals surface area contributed by atoms with Crippen molar-refractivity contribution < 1.29 is 14.3 Å². The van der Waals surface area contributed by atoms with Gasteiger partial charge in [-0.3, -0.25) is 4.79 Å². The van der Waals surface area contributed by atoms with E-state index in [1.54, 1.807) is 15.9 Å². The first-order chi connectivity index (χ1) is 13.8. The van der Waals surface area contributed by atoms with Crippen molar-refractivity contribution in [1.82, 2.24) is 25.0 Å². The standard InChI is InChI=1S/C21H29N5O3/c1-21(2,3)29-20(28)25-10-4-5-18(13-25)19(27)23-11-16-6-8-17(9-7-16)12-26-15-22-14-24-26/h6-9,14-15,18H,4-5,10-13H2,1-3H3,(H,23,27). The number of nitrogens with zero attached hydrogens (tertiary/aromatic N) is 4. The van der Waals surface area contributed by atoms with Gasteiger partial charge in [-0.05, 0) is 44.7 Å². The molecule has 1 N–H and O–H groups in total. The van der Waals surface area contributed by atoms with Crippen LogP contribution in [0.3, 0.4) is 0 Å². The van der Waals surface area contributed by atoms with Crippen LogP contribution in [0.25, 0.3) is 0 Å². The summed E-state index contributed by atoms with van der Waals surface area (Å²) in [5.41, 5.74) is 1.61. The topological polar surface area (TPSA) is 89.4 Å². The van der Waals surface area contributed by atoms with E-state index in [4.69, 9.17) is 4.74 Å². The van der Waals surface area contributed by atoms with Crippen LogP contribution in [0.2, 0.25) is 0 Å². The van der Waals surface area contributed by atoms with Crippen molar-refractivity contribution in [3.63, 3.8) is 0 Å². The molecule has 0 saturated carbocycles. The Hall–Kier alpha value is -2.90. The van der Waals surface area contributed by atoms with Gasteiger partial charge in [0, 0.05) is 19.6 Å². The van der Waals surface area contributed by atoms with Gasteiger partial charge in [0.05, 0.1) is 12.5 Å². The Morgan fingerprint density at radius 1 is 1.21 bits per heavy atom. The highest BCUT2D eigenvalue weighted by Crippen LogP contribution is 2.19. The SMILES string of the molecule is CC(C)(C)OC(=O)N1CCCC(C(=O)NCc2ccc(Cn3cncn3)cc2)C1. The summed E-state index contributed by atoms with van der Waals surface area (Å²) in [5, 5.41) is 7.09. The van der Waals surface area contributed by atoms with E-state index in [1.807, 2.05) is 45.0 Å². The second kappa shape index (κ2) is 9.07. The molecule has 2 aromatic rings. The van der Waals surface area contributed by atoms with Gasteiger partial charge in [-0.15, -0.1) is 0 Å². The summed E-state index contributed by atoms with van der Waals surface area (Å²) in [7, 11) is 0. The Labute approximate surface area is 171 Å². The van der Waals surface area contributed by atoms with Gasteiger partial charge < -0.3 is 15.0 Å². The predicted molar refractivity (Wildman–Crippen MR) is 108 cm³/mol. The fourth-order valence-corrected chi connectivity index (χ4v) is 3.28. The zero-order valence-electron chi connectivity index (χ0n) is 17.3. The van der Waals surface area contributed by atoms with E-state index >= 15 is 0 Å². The molecular formula is C21H29N5O3. The molecule has 29 heavy (non-hydrogen) atoms. The van der Waals surface area contributed by atoms with Gasteiger partial charge in [0.1, 0.15) is 18.3 Å². The Morgan fingerprint density at radius 2 is 1.93 bits per heavy atom. The molecule has 0 spiro atoms. The van der Waals surface area contributed by atoms with E-state index in [0.717, 1.165) is 24.0 Å². The summed E-state index contributed by atoms with van der Waals surface area (Å²) in [6.07, 6.45) is 4.42. The lowest BCUT2D eigenvalue weighted by Gasteiger charge is -2.33. The lowest BCUT2D eigenvalue weighted by molar-refractivity contribution is -0.126. The molecule has 1 aromatic heterocycles. The molecule has 8 heteroatoms. The third-order valence-corrected chi connectivity index (χ3v) is 4.74. The van der Waals surface area contributed by atoms with Gasteiger partial charge >= 0.3 is 6.09 Å². The quantitative estimate of drug-likeness (QED) is 0.835. The summed E-state index contributed by atoms with van der Waals surface area (Å²) in [6.45, 7) is 7.69. The average Bonchev–Trinajstić information content (AvgIpc) is 3.19. The zero-order chi connectivity index (χ0) is 20.9. The minimum absolute atomic E-state index is 0.0232. The Balaban J connectivity index is 1.48. The lowest BCUT2D eigenvalue weighted by Crippen LogP contribution is -2.46. The van der Waals surface area contributed by atoms with Crippen LogP contribution >= 0.6 is 0 Å². The fourth-order valence-electron chi connectivity index (χ4n) is 3.28. The van der Waals surface area contributed by atoms with Crippen LogP contribution < -0.4 is 5.32 Å². The molecule has 2 amide bonds. The van der Waals surface area contributed by atoms with Crippen molar-refractivity contribution in [1.29, 1.82) is 0 Å². The minimum Gasteiger partial charge on any atom is -0.444 e. The second-order valence-electron chi connectivity index (χ2n) is 8.39. The largest absolute Gasteiger partial charge is 0.444 e. The van der Waals surface area contributed by atoms with Gasteiger partial charge in [0.15, 0.2) is 0 Å². The first-order valence-electron chi connectivity index (χ1n) is 9.96. The number of carbonyl (C=O) groups is 2. The van der Waals surface area contributed by atoms with Crippen LogP contribution in [0.1, 0.15) is 44.7 Å². The highest BCUT2D eigenvalue weighted by atomic mass is 16.6. The van der Waals surface area contributed by atoms with Crippen LogP contribution in [0.5, 0.6) is 0 Å². The van der Waals surface area contributed by atoms with E-state index in [1.165, 1.54) is 6.33 Å². The first kappa shape index (κ1) is 20.8. The number of likely N-dealkylation sites (tertiary alicyclic amines) is 1. The van der Waals surface area contributed by atoms with Crippen molar-refractivity contribution in [3.05, 3.63) is 48.0 Å². The van der Waals surface area contributed by atoms with Crippen molar-refractivity contribution in [2.45, 2.75) is 52.3 Å². The summed E-state index contributed by atoms with van der Waals surface area (Å²) in [5.74, 6) is -0.229. The maximum absolute atomic E-state index is 12.6. The number of carbonyl (C=O) groups excluding carboxylic acids is 2.